The lowest BCUT2D eigenvalue weighted by atomic mass is 10.1. The van der Waals surface area contributed by atoms with Gasteiger partial charge in [0.1, 0.15) is 12.6 Å². The Morgan fingerprint density at radius 1 is 1.38 bits per heavy atom. The van der Waals surface area contributed by atoms with Gasteiger partial charge in [0.25, 0.3) is 5.91 Å². The molecule has 1 N–H and O–H groups in total. The summed E-state index contributed by atoms with van der Waals surface area (Å²) in [6.45, 7) is 1.75. The van der Waals surface area contributed by atoms with Crippen LogP contribution in [-0.4, -0.2) is 35.2 Å². The lowest BCUT2D eigenvalue weighted by Gasteiger charge is -2.33. The number of imide groups is 1. The molecule has 3 amide bonds. The van der Waals surface area contributed by atoms with Crippen LogP contribution in [0.2, 0.25) is 0 Å². The molecule has 2 aromatic rings. The van der Waals surface area contributed by atoms with E-state index in [0.717, 1.165) is 10.1 Å². The summed E-state index contributed by atoms with van der Waals surface area (Å²) in [6, 6.07) is 8.94. The summed E-state index contributed by atoms with van der Waals surface area (Å²) >= 11 is 1.38. The summed E-state index contributed by atoms with van der Waals surface area (Å²) in [6.07, 6.45) is 0.482. The number of thiophene rings is 1. The molecule has 1 fully saturated rings. The minimum Gasteiger partial charge on any atom is -0.317 e. The SMILES string of the molecule is CCC1C(=O)NC(=O)CN1C(=O)c1cc2ccccc2s1. The molecule has 2 heterocycles. The van der Waals surface area contributed by atoms with E-state index in [1.54, 1.807) is 0 Å². The lowest BCUT2D eigenvalue weighted by molar-refractivity contribution is -0.138. The van der Waals surface area contributed by atoms with E-state index in [1.807, 2.05) is 37.3 Å². The predicted molar refractivity (Wildman–Crippen MR) is 80.1 cm³/mol. The van der Waals surface area contributed by atoms with Gasteiger partial charge in [0, 0.05) is 4.70 Å². The van der Waals surface area contributed by atoms with Crippen LogP contribution in [0.15, 0.2) is 30.3 Å². The molecule has 5 nitrogen and oxygen atoms in total. The van der Waals surface area contributed by atoms with E-state index in [9.17, 15) is 14.4 Å². The molecule has 0 bridgehead atoms. The standard InChI is InChI=1S/C15H14N2O3S/c1-2-10-14(19)16-13(18)8-17(10)15(20)12-7-9-5-3-4-6-11(9)21-12/h3-7,10H,2,8H2,1H3,(H,16,18,19). The number of rotatable bonds is 2. The molecule has 6 heteroatoms. The third-order valence-electron chi connectivity index (χ3n) is 3.54. The minimum atomic E-state index is -0.583. The Balaban J connectivity index is 1.95. The molecule has 0 spiro atoms. The summed E-state index contributed by atoms with van der Waals surface area (Å²) in [4.78, 5) is 37.9. The van der Waals surface area contributed by atoms with E-state index in [2.05, 4.69) is 5.32 Å². The number of nitrogens with zero attached hydrogens (tertiary/aromatic N) is 1. The topological polar surface area (TPSA) is 66.5 Å². The average molecular weight is 302 g/mol. The zero-order chi connectivity index (χ0) is 15.0. The second kappa shape index (κ2) is 5.29. The Morgan fingerprint density at radius 3 is 2.86 bits per heavy atom. The molecule has 3 rings (SSSR count). The highest BCUT2D eigenvalue weighted by Gasteiger charge is 2.36. The maximum absolute atomic E-state index is 12.6. The second-order valence-electron chi connectivity index (χ2n) is 4.92. The predicted octanol–water partition coefficient (Wildman–Crippen LogP) is 1.78. The van der Waals surface area contributed by atoms with Crippen LogP contribution in [0.1, 0.15) is 23.0 Å². The van der Waals surface area contributed by atoms with Crippen LogP contribution in [0.3, 0.4) is 0 Å². The van der Waals surface area contributed by atoms with E-state index in [0.29, 0.717) is 11.3 Å². The maximum atomic E-state index is 12.6. The van der Waals surface area contributed by atoms with Crippen LogP contribution >= 0.6 is 11.3 Å². The lowest BCUT2D eigenvalue weighted by Crippen LogP contribution is -2.59. The van der Waals surface area contributed by atoms with Crippen LogP contribution in [0.4, 0.5) is 0 Å². The van der Waals surface area contributed by atoms with E-state index in [-0.39, 0.29) is 12.5 Å². The number of fused-ring (bicyclic) bond motifs is 1. The first kappa shape index (κ1) is 13.8. The smallest absolute Gasteiger partial charge is 0.265 e. The third kappa shape index (κ3) is 2.42. The van der Waals surface area contributed by atoms with Crippen molar-refractivity contribution in [2.75, 3.05) is 6.54 Å². The number of carbonyl (C=O) groups is 3. The van der Waals surface area contributed by atoms with E-state index in [1.165, 1.54) is 16.2 Å². The minimum absolute atomic E-state index is 0.0721. The first-order chi connectivity index (χ1) is 10.1. The van der Waals surface area contributed by atoms with Crippen LogP contribution in [0.25, 0.3) is 10.1 Å². The Morgan fingerprint density at radius 2 is 2.14 bits per heavy atom. The van der Waals surface area contributed by atoms with Gasteiger partial charge in [-0.05, 0) is 23.9 Å². The summed E-state index contributed by atoms with van der Waals surface area (Å²) < 4.78 is 1.02. The molecule has 0 radical (unpaired) electrons. The molecule has 0 aliphatic carbocycles. The quantitative estimate of drug-likeness (QED) is 0.860. The van der Waals surface area contributed by atoms with Gasteiger partial charge in [0.05, 0.1) is 4.88 Å². The van der Waals surface area contributed by atoms with Crippen molar-refractivity contribution in [1.29, 1.82) is 0 Å². The molecule has 1 unspecified atom stereocenters. The van der Waals surface area contributed by atoms with Gasteiger partial charge >= 0.3 is 0 Å². The molecule has 1 aromatic carbocycles. The monoisotopic (exact) mass is 302 g/mol. The normalized spacial score (nSPS) is 18.9. The van der Waals surface area contributed by atoms with Crippen molar-refractivity contribution in [3.05, 3.63) is 35.2 Å². The molecule has 1 aromatic heterocycles. The number of piperazine rings is 1. The maximum Gasteiger partial charge on any atom is 0.265 e. The zero-order valence-corrected chi connectivity index (χ0v) is 12.3. The first-order valence-electron chi connectivity index (χ1n) is 6.73. The van der Waals surface area contributed by atoms with Crippen molar-refractivity contribution in [1.82, 2.24) is 10.2 Å². The van der Waals surface area contributed by atoms with E-state index < -0.39 is 17.9 Å². The Labute approximate surface area is 125 Å². The number of hydrogen-bond acceptors (Lipinski definition) is 4. The van der Waals surface area contributed by atoms with Gasteiger partial charge in [-0.1, -0.05) is 25.1 Å². The summed E-state index contributed by atoms with van der Waals surface area (Å²) in [5, 5.41) is 3.27. The number of carbonyl (C=O) groups excluding carboxylic acids is 3. The molecule has 108 valence electrons. The number of nitrogens with one attached hydrogen (secondary N) is 1. The third-order valence-corrected chi connectivity index (χ3v) is 4.64. The number of benzene rings is 1. The highest BCUT2D eigenvalue weighted by molar-refractivity contribution is 7.20. The van der Waals surface area contributed by atoms with Gasteiger partial charge in [-0.3, -0.25) is 19.7 Å². The van der Waals surface area contributed by atoms with Gasteiger partial charge in [0.15, 0.2) is 0 Å². The summed E-state index contributed by atoms with van der Waals surface area (Å²) in [5.41, 5.74) is 0. The second-order valence-corrected chi connectivity index (χ2v) is 6.00. The fourth-order valence-corrected chi connectivity index (χ4v) is 3.53. The van der Waals surface area contributed by atoms with Gasteiger partial charge < -0.3 is 4.90 Å². The highest BCUT2D eigenvalue weighted by atomic mass is 32.1. The zero-order valence-electron chi connectivity index (χ0n) is 11.5. The number of hydrogen-bond donors (Lipinski definition) is 1. The first-order valence-corrected chi connectivity index (χ1v) is 7.55. The Kier molecular flexibility index (Phi) is 3.47. The van der Waals surface area contributed by atoms with Crippen LogP contribution < -0.4 is 5.32 Å². The Bertz CT molecular complexity index is 704. The van der Waals surface area contributed by atoms with Gasteiger partial charge in [0.2, 0.25) is 11.8 Å². The molecule has 0 saturated carbocycles. The fourth-order valence-electron chi connectivity index (χ4n) is 2.51. The molecule has 1 aliphatic rings. The summed E-state index contributed by atoms with van der Waals surface area (Å²) in [5.74, 6) is -1.09. The van der Waals surface area contributed by atoms with E-state index in [4.69, 9.17) is 0 Å². The molecule has 21 heavy (non-hydrogen) atoms. The van der Waals surface area contributed by atoms with Crippen molar-refractivity contribution in [2.45, 2.75) is 19.4 Å². The molecular formula is C15H14N2O3S. The average Bonchev–Trinajstić information content (AvgIpc) is 2.89. The Hall–Kier alpha value is -2.21. The van der Waals surface area contributed by atoms with Gasteiger partial charge in [-0.2, -0.15) is 0 Å². The fraction of sp³-hybridized carbons (Fsp3) is 0.267. The van der Waals surface area contributed by atoms with Crippen molar-refractivity contribution >= 4 is 39.1 Å². The molecule has 1 saturated heterocycles. The summed E-state index contributed by atoms with van der Waals surface area (Å²) in [7, 11) is 0. The van der Waals surface area contributed by atoms with Gasteiger partial charge in [-0.25, -0.2) is 0 Å². The molecule has 1 atom stereocenters. The van der Waals surface area contributed by atoms with Crippen LogP contribution in [-0.2, 0) is 9.59 Å². The van der Waals surface area contributed by atoms with Crippen LogP contribution in [0, 0.1) is 0 Å². The van der Waals surface area contributed by atoms with Crippen molar-refractivity contribution in [2.24, 2.45) is 0 Å². The molecular weight excluding hydrogens is 288 g/mol. The van der Waals surface area contributed by atoms with Gasteiger partial charge in [-0.15, -0.1) is 11.3 Å². The molecule has 1 aliphatic heterocycles. The number of amides is 3. The van der Waals surface area contributed by atoms with Crippen LogP contribution in [0.5, 0.6) is 0 Å². The van der Waals surface area contributed by atoms with Crippen molar-refractivity contribution in [3.8, 4) is 0 Å². The largest absolute Gasteiger partial charge is 0.317 e. The highest BCUT2D eigenvalue weighted by Crippen LogP contribution is 2.27. The van der Waals surface area contributed by atoms with Crippen molar-refractivity contribution in [3.63, 3.8) is 0 Å². The van der Waals surface area contributed by atoms with Crippen molar-refractivity contribution < 1.29 is 14.4 Å². The van der Waals surface area contributed by atoms with E-state index >= 15 is 0 Å².